The third-order valence-electron chi connectivity index (χ3n) is 6.05. The molecule has 1 aliphatic carbocycles. The summed E-state index contributed by atoms with van der Waals surface area (Å²) in [5, 5.41) is 11.8. The number of carbonyl (C=O) groups is 1. The SMILES string of the molecule is Cc1nc(SC2CCN(c3cccc([N+](=O)[O-])c3)C2=O)n(C2CCCCC2)c1C. The monoisotopic (exact) mass is 414 g/mol. The lowest BCUT2D eigenvalue weighted by Crippen LogP contribution is -2.28. The zero-order valence-corrected chi connectivity index (χ0v) is 17.7. The van der Waals surface area contributed by atoms with Crippen LogP contribution in [0.2, 0.25) is 0 Å². The average Bonchev–Trinajstić information content (AvgIpc) is 3.22. The van der Waals surface area contributed by atoms with E-state index in [9.17, 15) is 14.9 Å². The summed E-state index contributed by atoms with van der Waals surface area (Å²) in [5.41, 5.74) is 2.82. The third-order valence-corrected chi connectivity index (χ3v) is 7.27. The number of anilines is 1. The highest BCUT2D eigenvalue weighted by molar-refractivity contribution is 8.00. The Morgan fingerprint density at radius 2 is 1.93 bits per heavy atom. The van der Waals surface area contributed by atoms with E-state index in [2.05, 4.69) is 11.5 Å². The lowest BCUT2D eigenvalue weighted by atomic mass is 9.95. The molecule has 0 N–H and O–H groups in total. The molecule has 2 aliphatic rings. The fraction of sp³-hybridized carbons (Fsp3) is 0.524. The number of thioether (sulfide) groups is 1. The summed E-state index contributed by atoms with van der Waals surface area (Å²) in [6, 6.07) is 6.78. The fourth-order valence-corrected chi connectivity index (χ4v) is 5.66. The van der Waals surface area contributed by atoms with Crippen LogP contribution in [0, 0.1) is 24.0 Å². The highest BCUT2D eigenvalue weighted by Gasteiger charge is 2.35. The Bertz CT molecular complexity index is 936. The Morgan fingerprint density at radius 1 is 1.17 bits per heavy atom. The van der Waals surface area contributed by atoms with Crippen LogP contribution in [0.5, 0.6) is 0 Å². The molecule has 0 radical (unpaired) electrons. The van der Waals surface area contributed by atoms with Gasteiger partial charge in [-0.2, -0.15) is 0 Å². The predicted molar refractivity (Wildman–Crippen MR) is 114 cm³/mol. The molecule has 8 heteroatoms. The standard InChI is InChI=1S/C21H26N4O3S/c1-14-15(2)24(16-7-4-3-5-8-16)21(22-14)29-19-11-12-23(20(19)26)17-9-6-10-18(13-17)25(27)28/h6,9-10,13,16,19H,3-5,7-8,11-12H2,1-2H3. The van der Waals surface area contributed by atoms with Crippen molar-refractivity contribution in [2.45, 2.75) is 68.8 Å². The van der Waals surface area contributed by atoms with Crippen LogP contribution in [0.15, 0.2) is 29.4 Å². The topological polar surface area (TPSA) is 81.3 Å². The lowest BCUT2D eigenvalue weighted by molar-refractivity contribution is -0.384. The van der Waals surface area contributed by atoms with Crippen LogP contribution in [0.3, 0.4) is 0 Å². The molecule has 0 bridgehead atoms. The molecule has 2 heterocycles. The van der Waals surface area contributed by atoms with E-state index in [1.165, 1.54) is 49.9 Å². The zero-order valence-electron chi connectivity index (χ0n) is 16.8. The summed E-state index contributed by atoms with van der Waals surface area (Å²) in [7, 11) is 0. The average molecular weight is 415 g/mol. The number of imidazole rings is 1. The van der Waals surface area contributed by atoms with Gasteiger partial charge in [0.15, 0.2) is 5.16 Å². The van der Waals surface area contributed by atoms with E-state index in [1.54, 1.807) is 28.8 Å². The molecule has 29 heavy (non-hydrogen) atoms. The maximum absolute atomic E-state index is 13.1. The van der Waals surface area contributed by atoms with E-state index < -0.39 is 4.92 Å². The van der Waals surface area contributed by atoms with E-state index >= 15 is 0 Å². The number of nitrogens with zero attached hydrogens (tertiary/aromatic N) is 4. The van der Waals surface area contributed by atoms with Crippen molar-refractivity contribution in [3.8, 4) is 0 Å². The normalized spacial score (nSPS) is 20.4. The van der Waals surface area contributed by atoms with Crippen LogP contribution >= 0.6 is 11.8 Å². The van der Waals surface area contributed by atoms with Gasteiger partial charge in [-0.05, 0) is 39.2 Å². The maximum atomic E-state index is 13.1. The molecular formula is C21H26N4O3S. The molecule has 0 spiro atoms. The number of nitro benzene ring substituents is 1. The number of carbonyl (C=O) groups excluding carboxylic acids is 1. The smallest absolute Gasteiger partial charge is 0.271 e. The van der Waals surface area contributed by atoms with Crippen LogP contribution in [0.25, 0.3) is 0 Å². The molecule has 2 fully saturated rings. The molecule has 1 amide bonds. The lowest BCUT2D eigenvalue weighted by Gasteiger charge is -2.26. The van der Waals surface area contributed by atoms with Gasteiger partial charge in [0, 0.05) is 30.4 Å². The number of hydrogen-bond acceptors (Lipinski definition) is 5. The zero-order chi connectivity index (χ0) is 20.5. The number of nitro groups is 1. The molecule has 4 rings (SSSR count). The molecule has 1 aromatic carbocycles. The molecule has 1 unspecified atom stereocenters. The van der Waals surface area contributed by atoms with E-state index in [0.29, 0.717) is 24.7 Å². The van der Waals surface area contributed by atoms with Gasteiger partial charge < -0.3 is 9.47 Å². The Kier molecular flexibility index (Phi) is 5.63. The van der Waals surface area contributed by atoms with Gasteiger partial charge in [-0.1, -0.05) is 37.1 Å². The van der Waals surface area contributed by atoms with E-state index in [4.69, 9.17) is 4.98 Å². The Labute approximate surface area is 174 Å². The van der Waals surface area contributed by atoms with Gasteiger partial charge in [0.25, 0.3) is 5.69 Å². The van der Waals surface area contributed by atoms with Gasteiger partial charge in [0.2, 0.25) is 5.91 Å². The number of aryl methyl sites for hydroxylation is 1. The van der Waals surface area contributed by atoms with Gasteiger partial charge in [0.1, 0.15) is 0 Å². The molecule has 7 nitrogen and oxygen atoms in total. The second-order valence-corrected chi connectivity index (χ2v) is 9.06. The van der Waals surface area contributed by atoms with E-state index in [-0.39, 0.29) is 16.8 Å². The quantitative estimate of drug-likeness (QED) is 0.518. The number of amides is 1. The van der Waals surface area contributed by atoms with Crippen molar-refractivity contribution in [1.82, 2.24) is 9.55 Å². The molecule has 154 valence electrons. The second-order valence-electron chi connectivity index (χ2n) is 7.89. The summed E-state index contributed by atoms with van der Waals surface area (Å²) < 4.78 is 2.35. The largest absolute Gasteiger partial charge is 0.320 e. The first-order chi connectivity index (χ1) is 14.0. The van der Waals surface area contributed by atoms with Gasteiger partial charge in [-0.15, -0.1) is 0 Å². The van der Waals surface area contributed by atoms with Gasteiger partial charge in [-0.3, -0.25) is 14.9 Å². The van der Waals surface area contributed by atoms with Crippen molar-refractivity contribution in [1.29, 1.82) is 0 Å². The summed E-state index contributed by atoms with van der Waals surface area (Å²) in [6.45, 7) is 4.72. The number of aromatic nitrogens is 2. The first-order valence-corrected chi connectivity index (χ1v) is 11.1. The second kappa shape index (κ2) is 8.18. The maximum Gasteiger partial charge on any atom is 0.271 e. The fourth-order valence-electron chi connectivity index (χ4n) is 4.37. The van der Waals surface area contributed by atoms with Crippen molar-refractivity contribution in [2.24, 2.45) is 0 Å². The summed E-state index contributed by atoms with van der Waals surface area (Å²) in [4.78, 5) is 30.2. The third kappa shape index (κ3) is 3.90. The van der Waals surface area contributed by atoms with Gasteiger partial charge in [0.05, 0.1) is 21.6 Å². The molecule has 1 aromatic heterocycles. The van der Waals surface area contributed by atoms with Crippen molar-refractivity contribution in [3.63, 3.8) is 0 Å². The first-order valence-electron chi connectivity index (χ1n) is 10.2. The van der Waals surface area contributed by atoms with E-state index in [1.807, 2.05) is 6.92 Å². The van der Waals surface area contributed by atoms with Crippen LogP contribution in [0.1, 0.15) is 56.0 Å². The molecule has 1 atom stereocenters. The Hall–Kier alpha value is -2.35. The van der Waals surface area contributed by atoms with Crippen LogP contribution in [-0.4, -0.2) is 32.2 Å². The molecule has 1 saturated heterocycles. The van der Waals surface area contributed by atoms with Crippen molar-refractivity contribution in [2.75, 3.05) is 11.4 Å². The van der Waals surface area contributed by atoms with Crippen molar-refractivity contribution < 1.29 is 9.72 Å². The van der Waals surface area contributed by atoms with Gasteiger partial charge >= 0.3 is 0 Å². The minimum Gasteiger partial charge on any atom is -0.320 e. The number of rotatable bonds is 5. The van der Waals surface area contributed by atoms with Crippen LogP contribution in [0.4, 0.5) is 11.4 Å². The highest BCUT2D eigenvalue weighted by atomic mass is 32.2. The first kappa shape index (κ1) is 19.9. The van der Waals surface area contributed by atoms with Crippen molar-refractivity contribution >= 4 is 29.0 Å². The molecule has 1 saturated carbocycles. The Morgan fingerprint density at radius 3 is 2.66 bits per heavy atom. The highest BCUT2D eigenvalue weighted by Crippen LogP contribution is 2.38. The summed E-state index contributed by atoms with van der Waals surface area (Å²) >= 11 is 1.55. The number of non-ortho nitro benzene ring substituents is 1. The minimum absolute atomic E-state index is 0.00370. The number of hydrogen-bond donors (Lipinski definition) is 0. The minimum atomic E-state index is -0.428. The molecule has 2 aromatic rings. The predicted octanol–water partition coefficient (Wildman–Crippen LogP) is 4.81. The number of benzene rings is 1. The summed E-state index contributed by atoms with van der Waals surface area (Å²) in [5.74, 6) is 0.00370. The Balaban J connectivity index is 1.54. The van der Waals surface area contributed by atoms with Crippen LogP contribution in [-0.2, 0) is 4.79 Å². The van der Waals surface area contributed by atoms with Gasteiger partial charge in [-0.25, -0.2) is 4.98 Å². The van der Waals surface area contributed by atoms with Crippen LogP contribution < -0.4 is 4.90 Å². The van der Waals surface area contributed by atoms with Crippen molar-refractivity contribution in [3.05, 3.63) is 45.8 Å². The molecule has 1 aliphatic heterocycles. The summed E-state index contributed by atoms with van der Waals surface area (Å²) in [6.07, 6.45) is 6.83. The molecular weight excluding hydrogens is 388 g/mol. The van der Waals surface area contributed by atoms with E-state index in [0.717, 1.165) is 10.9 Å².